The lowest BCUT2D eigenvalue weighted by atomic mass is 10.1. The summed E-state index contributed by atoms with van der Waals surface area (Å²) in [6.45, 7) is 8.63. The molecule has 1 unspecified atom stereocenters. The highest BCUT2D eigenvalue weighted by Crippen LogP contribution is 2.24. The first-order chi connectivity index (χ1) is 13.4. The summed E-state index contributed by atoms with van der Waals surface area (Å²) in [4.78, 5) is 21.3. The number of hydrogen-bond donors (Lipinski definition) is 0. The van der Waals surface area contributed by atoms with E-state index in [0.717, 1.165) is 26.1 Å². The summed E-state index contributed by atoms with van der Waals surface area (Å²) >= 11 is 0. The lowest BCUT2D eigenvalue weighted by Gasteiger charge is -2.31. The molecule has 2 saturated heterocycles. The van der Waals surface area contributed by atoms with Gasteiger partial charge in [0.2, 0.25) is 15.9 Å². The van der Waals surface area contributed by atoms with Crippen molar-refractivity contribution in [2.75, 3.05) is 39.3 Å². The highest BCUT2D eigenvalue weighted by Gasteiger charge is 2.37. The van der Waals surface area contributed by atoms with E-state index in [2.05, 4.69) is 9.88 Å². The minimum Gasteiger partial charge on any atom is -0.338 e. The molecule has 0 radical (unpaired) electrons. The Hall–Kier alpha value is -1.51. The van der Waals surface area contributed by atoms with Crippen LogP contribution in [0.3, 0.4) is 0 Å². The zero-order chi connectivity index (χ0) is 20.1. The van der Waals surface area contributed by atoms with Crippen LogP contribution in [0.4, 0.5) is 0 Å². The van der Waals surface area contributed by atoms with Crippen LogP contribution in [0.2, 0.25) is 0 Å². The van der Waals surface area contributed by atoms with Gasteiger partial charge in [0.1, 0.15) is 4.90 Å². The standard InChI is InChI=1S/C20H32N4O3S/c1-17(2)20(25)24(13-6-12-22-10-3-4-11-22)18-8-14-23(16-18)28(26,27)19-7-5-9-21-15-19/h5,7,9,15,17-18H,3-4,6,8,10-14,16H2,1-2H3. The number of nitrogens with zero attached hydrogens (tertiary/aromatic N) is 4. The minimum absolute atomic E-state index is 0.0556. The molecule has 2 aliphatic rings. The van der Waals surface area contributed by atoms with Crippen LogP contribution in [0.1, 0.15) is 39.5 Å². The van der Waals surface area contributed by atoms with Gasteiger partial charge in [-0.25, -0.2) is 8.42 Å². The summed E-state index contributed by atoms with van der Waals surface area (Å²) in [5.41, 5.74) is 0. The van der Waals surface area contributed by atoms with E-state index in [0.29, 0.717) is 26.1 Å². The molecule has 1 atom stereocenters. The lowest BCUT2D eigenvalue weighted by molar-refractivity contribution is -0.136. The largest absolute Gasteiger partial charge is 0.338 e. The average molecular weight is 409 g/mol. The van der Waals surface area contributed by atoms with Gasteiger partial charge in [-0.2, -0.15) is 4.31 Å². The number of aromatic nitrogens is 1. The predicted octanol–water partition coefficient (Wildman–Crippen LogP) is 1.82. The second-order valence-electron chi connectivity index (χ2n) is 8.08. The van der Waals surface area contributed by atoms with Gasteiger partial charge < -0.3 is 9.80 Å². The number of rotatable bonds is 8. The first-order valence-electron chi connectivity index (χ1n) is 10.3. The summed E-state index contributed by atoms with van der Waals surface area (Å²) in [6.07, 6.45) is 7.09. The molecule has 2 fully saturated rings. The highest BCUT2D eigenvalue weighted by molar-refractivity contribution is 7.89. The van der Waals surface area contributed by atoms with Crippen LogP contribution >= 0.6 is 0 Å². The first kappa shape index (κ1) is 21.2. The molecule has 1 aromatic heterocycles. The summed E-state index contributed by atoms with van der Waals surface area (Å²) in [5.74, 6) is 0.0304. The monoisotopic (exact) mass is 408 g/mol. The van der Waals surface area contributed by atoms with E-state index in [4.69, 9.17) is 0 Å². The summed E-state index contributed by atoms with van der Waals surface area (Å²) < 4.78 is 27.2. The van der Waals surface area contributed by atoms with Gasteiger partial charge >= 0.3 is 0 Å². The molecule has 7 nitrogen and oxygen atoms in total. The van der Waals surface area contributed by atoms with E-state index in [-0.39, 0.29) is 22.8 Å². The molecule has 0 spiro atoms. The second-order valence-corrected chi connectivity index (χ2v) is 10.0. The van der Waals surface area contributed by atoms with Crippen molar-refractivity contribution < 1.29 is 13.2 Å². The van der Waals surface area contributed by atoms with Gasteiger partial charge in [0.05, 0.1) is 0 Å². The van der Waals surface area contributed by atoms with Crippen LogP contribution in [0.15, 0.2) is 29.4 Å². The van der Waals surface area contributed by atoms with E-state index in [1.54, 1.807) is 18.3 Å². The van der Waals surface area contributed by atoms with Gasteiger partial charge in [-0.05, 0) is 57.5 Å². The molecule has 3 heterocycles. The van der Waals surface area contributed by atoms with E-state index < -0.39 is 10.0 Å². The number of likely N-dealkylation sites (tertiary alicyclic amines) is 1. The molecule has 0 aliphatic carbocycles. The molecular weight excluding hydrogens is 376 g/mol. The molecule has 1 aromatic rings. The van der Waals surface area contributed by atoms with Gasteiger partial charge in [0.25, 0.3) is 0 Å². The van der Waals surface area contributed by atoms with Crippen molar-refractivity contribution in [3.8, 4) is 0 Å². The quantitative estimate of drug-likeness (QED) is 0.656. The molecule has 1 amide bonds. The third-order valence-corrected chi connectivity index (χ3v) is 7.54. The SMILES string of the molecule is CC(C)C(=O)N(CCCN1CCCC1)C1CCN(S(=O)(=O)c2cccnc2)C1. The van der Waals surface area contributed by atoms with Crippen molar-refractivity contribution in [2.45, 2.75) is 50.5 Å². The Morgan fingerprint density at radius 1 is 1.29 bits per heavy atom. The Balaban J connectivity index is 1.64. The number of carbonyl (C=O) groups is 1. The summed E-state index contributed by atoms with van der Waals surface area (Å²) in [5, 5.41) is 0. The Morgan fingerprint density at radius 3 is 2.68 bits per heavy atom. The van der Waals surface area contributed by atoms with Gasteiger partial charge in [0.15, 0.2) is 0 Å². The molecule has 2 aliphatic heterocycles. The van der Waals surface area contributed by atoms with Crippen LogP contribution in [0.5, 0.6) is 0 Å². The first-order valence-corrected chi connectivity index (χ1v) is 11.8. The molecular formula is C20H32N4O3S. The Morgan fingerprint density at radius 2 is 2.04 bits per heavy atom. The van der Waals surface area contributed by atoms with E-state index in [1.165, 1.54) is 23.3 Å². The maximum atomic E-state index is 12.9. The average Bonchev–Trinajstić information content (AvgIpc) is 3.37. The predicted molar refractivity (Wildman–Crippen MR) is 108 cm³/mol. The Bertz CT molecular complexity index is 748. The van der Waals surface area contributed by atoms with Crippen molar-refractivity contribution in [1.82, 2.24) is 19.1 Å². The number of carbonyl (C=O) groups excluding carboxylic acids is 1. The smallest absolute Gasteiger partial charge is 0.244 e. The fourth-order valence-electron chi connectivity index (χ4n) is 4.11. The third-order valence-electron chi connectivity index (χ3n) is 5.69. The fourth-order valence-corrected chi connectivity index (χ4v) is 5.56. The second kappa shape index (κ2) is 9.33. The molecule has 3 rings (SSSR count). The topological polar surface area (TPSA) is 73.8 Å². The molecule has 0 aromatic carbocycles. The van der Waals surface area contributed by atoms with Gasteiger partial charge in [-0.15, -0.1) is 0 Å². The maximum absolute atomic E-state index is 12.9. The molecule has 0 bridgehead atoms. The number of hydrogen-bond acceptors (Lipinski definition) is 5. The van der Waals surface area contributed by atoms with Gasteiger partial charge in [0, 0.05) is 44.0 Å². The van der Waals surface area contributed by atoms with Crippen LogP contribution in [0.25, 0.3) is 0 Å². The summed E-state index contributed by atoms with van der Waals surface area (Å²) in [7, 11) is -3.56. The normalized spacial score (nSPS) is 21.5. The summed E-state index contributed by atoms with van der Waals surface area (Å²) in [6, 6.07) is 3.15. The van der Waals surface area contributed by atoms with Crippen molar-refractivity contribution in [1.29, 1.82) is 0 Å². The number of amides is 1. The Kier molecular flexibility index (Phi) is 7.06. The third kappa shape index (κ3) is 4.90. The molecule has 0 N–H and O–H groups in total. The van der Waals surface area contributed by atoms with Crippen molar-refractivity contribution in [2.24, 2.45) is 5.92 Å². The van der Waals surface area contributed by atoms with Crippen molar-refractivity contribution >= 4 is 15.9 Å². The molecule has 8 heteroatoms. The Labute approximate surface area is 168 Å². The van der Waals surface area contributed by atoms with Gasteiger partial charge in [-0.3, -0.25) is 9.78 Å². The van der Waals surface area contributed by atoms with Crippen molar-refractivity contribution in [3.63, 3.8) is 0 Å². The fraction of sp³-hybridized carbons (Fsp3) is 0.700. The van der Waals surface area contributed by atoms with Crippen LogP contribution in [-0.4, -0.2) is 78.7 Å². The lowest BCUT2D eigenvalue weighted by Crippen LogP contribution is -2.45. The maximum Gasteiger partial charge on any atom is 0.244 e. The number of pyridine rings is 1. The highest BCUT2D eigenvalue weighted by atomic mass is 32.2. The van der Waals surface area contributed by atoms with Crippen LogP contribution in [-0.2, 0) is 14.8 Å². The zero-order valence-corrected chi connectivity index (χ0v) is 17.8. The van der Waals surface area contributed by atoms with Gasteiger partial charge in [-0.1, -0.05) is 13.8 Å². The number of sulfonamides is 1. The zero-order valence-electron chi connectivity index (χ0n) is 17.0. The van der Waals surface area contributed by atoms with Crippen LogP contribution < -0.4 is 0 Å². The van der Waals surface area contributed by atoms with Crippen LogP contribution in [0, 0.1) is 5.92 Å². The molecule has 0 saturated carbocycles. The van der Waals surface area contributed by atoms with E-state index >= 15 is 0 Å². The van der Waals surface area contributed by atoms with E-state index in [9.17, 15) is 13.2 Å². The minimum atomic E-state index is -3.56. The molecule has 156 valence electrons. The molecule has 28 heavy (non-hydrogen) atoms. The van der Waals surface area contributed by atoms with E-state index in [1.807, 2.05) is 18.7 Å². The van der Waals surface area contributed by atoms with Crippen molar-refractivity contribution in [3.05, 3.63) is 24.5 Å².